The number of ether oxygens (including phenoxy) is 1. The van der Waals surface area contributed by atoms with Crippen LogP contribution in [0.1, 0.15) is 44.7 Å². The lowest BCUT2D eigenvalue weighted by Gasteiger charge is -2.30. The molecule has 2 aromatic heterocycles. The molecule has 3 aromatic rings. The van der Waals surface area contributed by atoms with E-state index in [2.05, 4.69) is 41.3 Å². The molecule has 2 N–H and O–H groups in total. The molecule has 0 aliphatic carbocycles. The Balaban J connectivity index is 1.08. The first-order valence-electron chi connectivity index (χ1n) is 13.9. The summed E-state index contributed by atoms with van der Waals surface area (Å²) in [6.45, 7) is 9.29. The van der Waals surface area contributed by atoms with Gasteiger partial charge in [0.25, 0.3) is 0 Å². The molecule has 1 amide bonds. The van der Waals surface area contributed by atoms with Crippen molar-refractivity contribution in [2.75, 3.05) is 56.1 Å². The zero-order valence-corrected chi connectivity index (χ0v) is 23.1. The molecule has 0 spiro atoms. The second-order valence-electron chi connectivity index (χ2n) is 10.0. The van der Waals surface area contributed by atoms with Gasteiger partial charge in [0, 0.05) is 43.1 Å². The summed E-state index contributed by atoms with van der Waals surface area (Å²) in [5.74, 6) is 1.18. The number of rotatable bonds is 12. The van der Waals surface area contributed by atoms with Gasteiger partial charge in [-0.25, -0.2) is 0 Å². The van der Waals surface area contributed by atoms with Crippen molar-refractivity contribution in [3.8, 4) is 10.9 Å². The molecule has 2 saturated heterocycles. The quantitative estimate of drug-likeness (QED) is 0.336. The van der Waals surface area contributed by atoms with Crippen LogP contribution in [0.25, 0.3) is 5.13 Å². The maximum absolute atomic E-state index is 12.7. The Labute approximate surface area is 229 Å². The van der Waals surface area contributed by atoms with E-state index in [1.54, 1.807) is 11.3 Å². The van der Waals surface area contributed by atoms with Crippen LogP contribution in [-0.2, 0) is 11.3 Å². The van der Waals surface area contributed by atoms with Crippen molar-refractivity contribution in [3.63, 3.8) is 0 Å². The molecule has 0 saturated carbocycles. The van der Waals surface area contributed by atoms with E-state index in [1.807, 2.05) is 43.5 Å². The number of aromatic nitrogens is 3. The summed E-state index contributed by atoms with van der Waals surface area (Å²) >= 11 is 1.60. The van der Waals surface area contributed by atoms with Gasteiger partial charge in [-0.3, -0.25) is 9.36 Å². The molecular formula is C28H39N7O2S. The molecule has 0 atom stereocenters. The van der Waals surface area contributed by atoms with Gasteiger partial charge in [0.2, 0.25) is 16.2 Å². The minimum absolute atomic E-state index is 0.0927. The first-order chi connectivity index (χ1) is 18.7. The van der Waals surface area contributed by atoms with E-state index < -0.39 is 0 Å². The van der Waals surface area contributed by atoms with Crippen molar-refractivity contribution >= 4 is 28.1 Å². The van der Waals surface area contributed by atoms with Crippen LogP contribution in [0.2, 0.25) is 0 Å². The second kappa shape index (κ2) is 13.1. The highest BCUT2D eigenvalue weighted by Gasteiger charge is 2.27. The molecule has 4 heterocycles. The molecule has 204 valence electrons. The molecular weight excluding hydrogens is 498 g/mol. The van der Waals surface area contributed by atoms with Crippen LogP contribution in [-0.4, -0.2) is 71.4 Å². The van der Waals surface area contributed by atoms with Gasteiger partial charge in [-0.1, -0.05) is 11.3 Å². The standard InChI is InChI=1S/C28H39N7O2S/c1-2-37-25-10-8-23(9-11-25)30-21-24-7-5-18-35(24)28-32-31-27(38-28)34-19-12-22(13-20-34)26(36)29-14-6-17-33-15-3-4-16-33/h5,7-11,18,22,30H,2-4,6,12-17,19-21H2,1H3,(H,29,36). The minimum atomic E-state index is 0.0927. The number of carbonyl (C=O) groups excluding carboxylic acids is 1. The van der Waals surface area contributed by atoms with Crippen molar-refractivity contribution in [1.29, 1.82) is 0 Å². The third-order valence-corrected chi connectivity index (χ3v) is 8.35. The van der Waals surface area contributed by atoms with Gasteiger partial charge < -0.3 is 25.2 Å². The molecule has 9 nitrogen and oxygen atoms in total. The average Bonchev–Trinajstić information content (AvgIpc) is 3.73. The van der Waals surface area contributed by atoms with E-state index in [0.29, 0.717) is 13.2 Å². The Morgan fingerprint density at radius 2 is 1.82 bits per heavy atom. The second-order valence-corrected chi connectivity index (χ2v) is 10.9. The topological polar surface area (TPSA) is 87.5 Å². The Morgan fingerprint density at radius 1 is 1.05 bits per heavy atom. The lowest BCUT2D eigenvalue weighted by molar-refractivity contribution is -0.125. The largest absolute Gasteiger partial charge is 0.494 e. The van der Waals surface area contributed by atoms with E-state index in [9.17, 15) is 4.79 Å². The van der Waals surface area contributed by atoms with Gasteiger partial charge in [-0.2, -0.15) is 0 Å². The number of nitrogens with one attached hydrogen (secondary N) is 2. The molecule has 1 aromatic carbocycles. The van der Waals surface area contributed by atoms with E-state index in [1.165, 1.54) is 25.9 Å². The van der Waals surface area contributed by atoms with E-state index in [0.717, 1.165) is 72.8 Å². The number of piperidine rings is 1. The van der Waals surface area contributed by atoms with Crippen LogP contribution in [0.15, 0.2) is 42.6 Å². The first kappa shape index (κ1) is 26.5. The zero-order valence-electron chi connectivity index (χ0n) is 22.3. The molecule has 0 radical (unpaired) electrons. The highest BCUT2D eigenvalue weighted by Crippen LogP contribution is 2.29. The van der Waals surface area contributed by atoms with Crippen LogP contribution >= 0.6 is 11.3 Å². The zero-order chi connectivity index (χ0) is 26.2. The lowest BCUT2D eigenvalue weighted by atomic mass is 9.96. The Hall–Kier alpha value is -3.11. The number of nitrogens with zero attached hydrogens (tertiary/aromatic N) is 5. The smallest absolute Gasteiger partial charge is 0.223 e. The molecule has 2 aliphatic heterocycles. The van der Waals surface area contributed by atoms with E-state index in [4.69, 9.17) is 4.74 Å². The minimum Gasteiger partial charge on any atom is -0.494 e. The summed E-state index contributed by atoms with van der Waals surface area (Å²) in [4.78, 5) is 17.4. The number of anilines is 2. The highest BCUT2D eigenvalue weighted by molar-refractivity contribution is 7.17. The van der Waals surface area contributed by atoms with Crippen molar-refractivity contribution < 1.29 is 9.53 Å². The van der Waals surface area contributed by atoms with E-state index >= 15 is 0 Å². The predicted molar refractivity (Wildman–Crippen MR) is 152 cm³/mol. The summed E-state index contributed by atoms with van der Waals surface area (Å²) in [7, 11) is 0. The third-order valence-electron chi connectivity index (χ3n) is 7.37. The summed E-state index contributed by atoms with van der Waals surface area (Å²) in [5.41, 5.74) is 2.15. The molecule has 38 heavy (non-hydrogen) atoms. The van der Waals surface area contributed by atoms with Crippen molar-refractivity contribution in [3.05, 3.63) is 48.3 Å². The Bertz CT molecular complexity index is 1150. The Morgan fingerprint density at radius 3 is 2.58 bits per heavy atom. The fourth-order valence-electron chi connectivity index (χ4n) is 5.21. The van der Waals surface area contributed by atoms with Crippen molar-refractivity contribution in [1.82, 2.24) is 25.0 Å². The van der Waals surface area contributed by atoms with Crippen LogP contribution < -0.4 is 20.3 Å². The van der Waals surface area contributed by atoms with Crippen LogP contribution in [0.5, 0.6) is 5.75 Å². The SMILES string of the molecule is CCOc1ccc(NCc2cccn2-c2nnc(N3CCC(C(=O)NCCCN4CCCC4)CC3)s2)cc1. The fourth-order valence-corrected chi connectivity index (χ4v) is 6.12. The number of amides is 1. The molecule has 5 rings (SSSR count). The highest BCUT2D eigenvalue weighted by atomic mass is 32.1. The summed E-state index contributed by atoms with van der Waals surface area (Å²) in [5, 5.41) is 17.4. The van der Waals surface area contributed by atoms with Gasteiger partial charge in [-0.15, -0.1) is 10.2 Å². The van der Waals surface area contributed by atoms with Gasteiger partial charge in [0.15, 0.2) is 0 Å². The van der Waals surface area contributed by atoms with Crippen LogP contribution in [0.4, 0.5) is 10.8 Å². The van der Waals surface area contributed by atoms with Gasteiger partial charge >= 0.3 is 0 Å². The number of hydrogen-bond donors (Lipinski definition) is 2. The lowest BCUT2D eigenvalue weighted by Crippen LogP contribution is -2.41. The third kappa shape index (κ3) is 6.85. The predicted octanol–water partition coefficient (Wildman–Crippen LogP) is 4.16. The summed E-state index contributed by atoms with van der Waals surface area (Å²) in [6, 6.07) is 12.1. The molecule has 0 unspecified atom stereocenters. The fraction of sp³-hybridized carbons (Fsp3) is 0.536. The Kier molecular flexibility index (Phi) is 9.14. The number of benzene rings is 1. The van der Waals surface area contributed by atoms with Crippen molar-refractivity contribution in [2.45, 2.75) is 45.6 Å². The first-order valence-corrected chi connectivity index (χ1v) is 14.7. The number of carbonyl (C=O) groups is 1. The molecule has 0 bridgehead atoms. The number of hydrogen-bond acceptors (Lipinski definition) is 8. The average molecular weight is 538 g/mol. The molecule has 2 aliphatic rings. The van der Waals surface area contributed by atoms with Crippen LogP contribution in [0, 0.1) is 5.92 Å². The van der Waals surface area contributed by atoms with Gasteiger partial charge in [0.1, 0.15) is 5.75 Å². The molecule has 2 fully saturated rings. The van der Waals surface area contributed by atoms with Gasteiger partial charge in [0.05, 0.1) is 13.2 Å². The summed E-state index contributed by atoms with van der Waals surface area (Å²) < 4.78 is 7.61. The van der Waals surface area contributed by atoms with Gasteiger partial charge in [-0.05, 0) is 95.1 Å². The van der Waals surface area contributed by atoms with Crippen molar-refractivity contribution in [2.24, 2.45) is 5.92 Å². The number of likely N-dealkylation sites (tertiary alicyclic amines) is 1. The monoisotopic (exact) mass is 537 g/mol. The molecule has 10 heteroatoms. The normalized spacial score (nSPS) is 16.6. The maximum atomic E-state index is 12.7. The summed E-state index contributed by atoms with van der Waals surface area (Å²) in [6.07, 6.45) is 7.40. The van der Waals surface area contributed by atoms with Crippen LogP contribution in [0.3, 0.4) is 0 Å². The maximum Gasteiger partial charge on any atom is 0.223 e. The van der Waals surface area contributed by atoms with E-state index in [-0.39, 0.29) is 11.8 Å².